The van der Waals surface area contributed by atoms with Crippen LogP contribution in [0.3, 0.4) is 0 Å². The second-order valence-corrected chi connectivity index (χ2v) is 5.07. The number of nitrogens with zero attached hydrogens (tertiary/aromatic N) is 1. The van der Waals surface area contributed by atoms with Crippen molar-refractivity contribution in [3.05, 3.63) is 28.8 Å². The van der Waals surface area contributed by atoms with Crippen molar-refractivity contribution in [1.82, 2.24) is 4.98 Å². The molecule has 4 nitrogen and oxygen atoms in total. The summed E-state index contributed by atoms with van der Waals surface area (Å²) in [5, 5.41) is 0.924. The molecule has 0 aliphatic rings. The summed E-state index contributed by atoms with van der Waals surface area (Å²) in [5.74, 6) is 1.42. The van der Waals surface area contributed by atoms with Gasteiger partial charge < -0.3 is 15.2 Å². The standard InChI is InChI=1S/C14H18N2O2S/c1-4-10-12(8-15)19-14(16-10)9-6-5-7-11(17-2)13(9)18-3/h5-7H,4,8,15H2,1-3H3. The zero-order valence-electron chi connectivity index (χ0n) is 11.4. The molecule has 102 valence electrons. The van der Waals surface area contributed by atoms with Crippen molar-refractivity contribution in [3.63, 3.8) is 0 Å². The maximum absolute atomic E-state index is 5.76. The van der Waals surface area contributed by atoms with Gasteiger partial charge in [0.2, 0.25) is 0 Å². The highest BCUT2D eigenvalue weighted by atomic mass is 32.1. The van der Waals surface area contributed by atoms with E-state index >= 15 is 0 Å². The minimum Gasteiger partial charge on any atom is -0.493 e. The molecule has 1 aromatic carbocycles. The fourth-order valence-corrected chi connectivity index (χ4v) is 3.04. The van der Waals surface area contributed by atoms with Crippen molar-refractivity contribution in [2.75, 3.05) is 14.2 Å². The molecule has 5 heteroatoms. The Labute approximate surface area is 117 Å². The molecule has 0 atom stereocenters. The molecule has 0 aliphatic heterocycles. The zero-order valence-corrected chi connectivity index (χ0v) is 12.2. The van der Waals surface area contributed by atoms with Crippen LogP contribution in [-0.4, -0.2) is 19.2 Å². The van der Waals surface area contributed by atoms with Gasteiger partial charge in [-0.2, -0.15) is 0 Å². The van der Waals surface area contributed by atoms with Gasteiger partial charge in [0.1, 0.15) is 5.01 Å². The summed E-state index contributed by atoms with van der Waals surface area (Å²) in [4.78, 5) is 5.78. The van der Waals surface area contributed by atoms with Gasteiger partial charge >= 0.3 is 0 Å². The zero-order chi connectivity index (χ0) is 13.8. The number of aryl methyl sites for hydroxylation is 1. The van der Waals surface area contributed by atoms with Crippen LogP contribution in [0.4, 0.5) is 0 Å². The average Bonchev–Trinajstić information content (AvgIpc) is 2.89. The summed E-state index contributed by atoms with van der Waals surface area (Å²) in [6, 6.07) is 5.80. The van der Waals surface area contributed by atoms with E-state index in [0.29, 0.717) is 18.0 Å². The average molecular weight is 278 g/mol. The summed E-state index contributed by atoms with van der Waals surface area (Å²) in [5.41, 5.74) is 7.77. The van der Waals surface area contributed by atoms with Gasteiger partial charge in [-0.15, -0.1) is 11.3 Å². The Hall–Kier alpha value is -1.59. The first kappa shape index (κ1) is 13.8. The first-order valence-corrected chi connectivity index (χ1v) is 6.96. The minimum absolute atomic E-state index is 0.521. The summed E-state index contributed by atoms with van der Waals surface area (Å²) < 4.78 is 10.8. The third-order valence-electron chi connectivity index (χ3n) is 2.93. The van der Waals surface area contributed by atoms with Crippen LogP contribution in [0.5, 0.6) is 11.5 Å². The molecule has 0 aliphatic carbocycles. The lowest BCUT2D eigenvalue weighted by atomic mass is 10.2. The smallest absolute Gasteiger partial charge is 0.170 e. The fourth-order valence-electron chi connectivity index (χ4n) is 1.99. The van der Waals surface area contributed by atoms with Gasteiger partial charge in [-0.1, -0.05) is 13.0 Å². The molecule has 0 unspecified atom stereocenters. The largest absolute Gasteiger partial charge is 0.493 e. The van der Waals surface area contributed by atoms with Crippen molar-refractivity contribution in [1.29, 1.82) is 0 Å². The summed E-state index contributed by atoms with van der Waals surface area (Å²) >= 11 is 1.61. The van der Waals surface area contributed by atoms with E-state index in [1.165, 1.54) is 0 Å². The van der Waals surface area contributed by atoms with Crippen molar-refractivity contribution in [2.45, 2.75) is 19.9 Å². The molecule has 2 rings (SSSR count). The van der Waals surface area contributed by atoms with Crippen LogP contribution in [0.1, 0.15) is 17.5 Å². The third-order valence-corrected chi connectivity index (χ3v) is 4.09. The summed E-state index contributed by atoms with van der Waals surface area (Å²) in [6.45, 7) is 2.61. The number of aromatic nitrogens is 1. The Morgan fingerprint density at radius 3 is 2.58 bits per heavy atom. The first-order valence-electron chi connectivity index (χ1n) is 6.15. The number of ether oxygens (including phenoxy) is 2. The van der Waals surface area contributed by atoms with Crippen LogP contribution in [0.25, 0.3) is 10.6 Å². The number of rotatable bonds is 5. The number of nitrogens with two attached hydrogens (primary N) is 1. The van der Waals surface area contributed by atoms with Crippen LogP contribution in [-0.2, 0) is 13.0 Å². The Kier molecular flexibility index (Phi) is 4.39. The number of benzene rings is 1. The highest BCUT2D eigenvalue weighted by molar-refractivity contribution is 7.15. The van der Waals surface area contributed by atoms with E-state index in [2.05, 4.69) is 11.9 Å². The van der Waals surface area contributed by atoms with E-state index < -0.39 is 0 Å². The first-order chi connectivity index (χ1) is 9.24. The van der Waals surface area contributed by atoms with Gasteiger partial charge in [0.05, 0.1) is 25.5 Å². The topological polar surface area (TPSA) is 57.4 Å². The molecular weight excluding hydrogens is 260 g/mol. The minimum atomic E-state index is 0.521. The van der Waals surface area contributed by atoms with Crippen LogP contribution >= 0.6 is 11.3 Å². The van der Waals surface area contributed by atoms with Gasteiger partial charge in [0.25, 0.3) is 0 Å². The molecule has 0 saturated heterocycles. The van der Waals surface area contributed by atoms with Crippen LogP contribution in [0.2, 0.25) is 0 Å². The Morgan fingerprint density at radius 1 is 1.26 bits per heavy atom. The second kappa shape index (κ2) is 6.04. The quantitative estimate of drug-likeness (QED) is 0.913. The molecule has 19 heavy (non-hydrogen) atoms. The molecular formula is C14H18N2O2S. The summed E-state index contributed by atoms with van der Waals surface area (Å²) in [7, 11) is 3.27. The SMILES string of the molecule is CCc1nc(-c2cccc(OC)c2OC)sc1CN. The van der Waals surface area contributed by atoms with Crippen LogP contribution in [0.15, 0.2) is 18.2 Å². The van der Waals surface area contributed by atoms with Gasteiger partial charge in [0, 0.05) is 11.4 Å². The van der Waals surface area contributed by atoms with Gasteiger partial charge in [0.15, 0.2) is 11.5 Å². The van der Waals surface area contributed by atoms with E-state index in [0.717, 1.165) is 27.6 Å². The van der Waals surface area contributed by atoms with Gasteiger partial charge in [-0.3, -0.25) is 0 Å². The molecule has 0 spiro atoms. The van der Waals surface area contributed by atoms with E-state index in [9.17, 15) is 0 Å². The fraction of sp³-hybridized carbons (Fsp3) is 0.357. The molecule has 2 N–H and O–H groups in total. The van der Waals surface area contributed by atoms with Crippen molar-refractivity contribution in [2.24, 2.45) is 5.73 Å². The third kappa shape index (κ3) is 2.57. The predicted molar refractivity (Wildman–Crippen MR) is 77.9 cm³/mol. The van der Waals surface area contributed by atoms with E-state index in [1.807, 2.05) is 18.2 Å². The van der Waals surface area contributed by atoms with E-state index in [1.54, 1.807) is 25.6 Å². The highest BCUT2D eigenvalue weighted by Gasteiger charge is 2.16. The molecule has 1 aromatic heterocycles. The molecule has 0 fully saturated rings. The maximum Gasteiger partial charge on any atom is 0.170 e. The lowest BCUT2D eigenvalue weighted by molar-refractivity contribution is 0.356. The monoisotopic (exact) mass is 278 g/mol. The molecule has 0 bridgehead atoms. The van der Waals surface area contributed by atoms with Crippen molar-refractivity contribution >= 4 is 11.3 Å². The van der Waals surface area contributed by atoms with Crippen molar-refractivity contribution in [3.8, 4) is 22.1 Å². The number of thiazole rings is 1. The van der Waals surface area contributed by atoms with Crippen molar-refractivity contribution < 1.29 is 9.47 Å². The molecule has 0 radical (unpaired) electrons. The van der Waals surface area contributed by atoms with Crippen LogP contribution < -0.4 is 15.2 Å². The van der Waals surface area contributed by atoms with E-state index in [4.69, 9.17) is 15.2 Å². The maximum atomic E-state index is 5.76. The summed E-state index contributed by atoms with van der Waals surface area (Å²) in [6.07, 6.45) is 0.884. The number of para-hydroxylation sites is 1. The second-order valence-electron chi connectivity index (χ2n) is 3.99. The molecule has 0 saturated carbocycles. The Balaban J connectivity index is 2.55. The van der Waals surface area contributed by atoms with E-state index in [-0.39, 0.29) is 0 Å². The Bertz CT molecular complexity index is 545. The van der Waals surface area contributed by atoms with Crippen LogP contribution in [0, 0.1) is 0 Å². The lowest BCUT2D eigenvalue weighted by Crippen LogP contribution is -1.96. The lowest BCUT2D eigenvalue weighted by Gasteiger charge is -2.10. The molecule has 2 aromatic rings. The normalized spacial score (nSPS) is 10.5. The number of hydrogen-bond donors (Lipinski definition) is 1. The number of hydrogen-bond acceptors (Lipinski definition) is 5. The predicted octanol–water partition coefficient (Wildman–Crippen LogP) is 2.85. The molecule has 1 heterocycles. The van der Waals surface area contributed by atoms with Gasteiger partial charge in [-0.05, 0) is 18.6 Å². The Morgan fingerprint density at radius 2 is 2.05 bits per heavy atom. The number of methoxy groups -OCH3 is 2. The van der Waals surface area contributed by atoms with Gasteiger partial charge in [-0.25, -0.2) is 4.98 Å². The highest BCUT2D eigenvalue weighted by Crippen LogP contribution is 2.40. The molecule has 0 amide bonds.